The van der Waals surface area contributed by atoms with Crippen molar-refractivity contribution < 1.29 is 9.90 Å². The molecule has 26 heavy (non-hydrogen) atoms. The molecule has 2 N–H and O–H groups in total. The fraction of sp³-hybridized carbons (Fsp3) is 0.400. The van der Waals surface area contributed by atoms with Crippen molar-refractivity contribution in [2.45, 2.75) is 26.4 Å². The number of β-amino-alcohol motifs (C(OH)–C–C–N with tert-alkyl or cyclic N) is 1. The summed E-state index contributed by atoms with van der Waals surface area (Å²) in [7, 11) is 1.93. The van der Waals surface area contributed by atoms with Gasteiger partial charge in [-0.2, -0.15) is 5.10 Å². The maximum atomic E-state index is 13.1. The number of hydrogen-bond acceptors (Lipinski definition) is 3. The molecule has 1 aliphatic heterocycles. The van der Waals surface area contributed by atoms with Crippen LogP contribution in [0, 0.1) is 19.8 Å². The monoisotopic (exact) mass is 352 g/mol. The molecule has 3 aromatic rings. The quantitative estimate of drug-likeness (QED) is 0.759. The Hall–Kier alpha value is -2.60. The molecule has 6 heteroatoms. The van der Waals surface area contributed by atoms with Crippen LogP contribution in [0.15, 0.2) is 30.3 Å². The van der Waals surface area contributed by atoms with E-state index in [1.54, 1.807) is 4.90 Å². The van der Waals surface area contributed by atoms with E-state index in [-0.39, 0.29) is 11.8 Å². The van der Waals surface area contributed by atoms with Crippen LogP contribution in [-0.4, -0.2) is 49.9 Å². The van der Waals surface area contributed by atoms with Gasteiger partial charge in [0.15, 0.2) is 0 Å². The first-order valence-corrected chi connectivity index (χ1v) is 8.97. The lowest BCUT2D eigenvalue weighted by Crippen LogP contribution is -2.31. The second-order valence-corrected chi connectivity index (χ2v) is 7.39. The third kappa shape index (κ3) is 2.80. The van der Waals surface area contributed by atoms with Crippen LogP contribution < -0.4 is 0 Å². The highest BCUT2D eigenvalue weighted by Gasteiger charge is 2.35. The lowest BCUT2D eigenvalue weighted by Gasteiger charge is -2.16. The van der Waals surface area contributed by atoms with E-state index in [2.05, 4.69) is 23.2 Å². The average Bonchev–Trinajstić information content (AvgIpc) is 3.27. The molecule has 0 bridgehead atoms. The third-order valence-electron chi connectivity index (χ3n) is 5.40. The summed E-state index contributed by atoms with van der Waals surface area (Å²) in [5, 5.41) is 18.7. The number of benzene rings is 1. The zero-order chi connectivity index (χ0) is 18.4. The van der Waals surface area contributed by atoms with Crippen LogP contribution in [0.2, 0.25) is 0 Å². The molecule has 0 unspecified atom stereocenters. The first kappa shape index (κ1) is 16.8. The predicted molar refractivity (Wildman–Crippen MR) is 100 cm³/mol. The van der Waals surface area contributed by atoms with Gasteiger partial charge in [0.05, 0.1) is 17.3 Å². The van der Waals surface area contributed by atoms with E-state index in [9.17, 15) is 9.90 Å². The summed E-state index contributed by atoms with van der Waals surface area (Å²) in [6.45, 7) is 4.93. The Kier molecular flexibility index (Phi) is 4.07. The summed E-state index contributed by atoms with van der Waals surface area (Å²) in [5.74, 6) is -0.0130. The Morgan fingerprint density at radius 3 is 2.81 bits per heavy atom. The number of nitrogens with zero attached hydrogens (tertiary/aromatic N) is 3. The Labute approximate surface area is 152 Å². The summed E-state index contributed by atoms with van der Waals surface area (Å²) < 4.78 is 1.96. The van der Waals surface area contributed by atoms with Crippen LogP contribution in [-0.2, 0) is 13.5 Å². The van der Waals surface area contributed by atoms with Gasteiger partial charge in [-0.3, -0.25) is 9.89 Å². The molecule has 0 spiro atoms. The zero-order valence-corrected chi connectivity index (χ0v) is 15.4. The molecule has 3 heterocycles. The number of aromatic nitrogens is 3. The minimum atomic E-state index is -0.521. The first-order chi connectivity index (χ1) is 12.4. The van der Waals surface area contributed by atoms with E-state index >= 15 is 0 Å². The maximum absolute atomic E-state index is 13.1. The predicted octanol–water partition coefficient (Wildman–Crippen LogP) is 2.19. The number of para-hydroxylation sites is 1. The summed E-state index contributed by atoms with van der Waals surface area (Å²) in [5.41, 5.74) is 4.83. The standard InChI is InChI=1S/C20H24N4O2/c1-12-5-4-6-14-9-17(23(3)19(12)14)20(26)24-10-15(18(25)11-24)8-16-7-13(2)21-22-16/h4-7,9,15,18,25H,8,10-11H2,1-3H3,(H,21,22)/t15-,18-/m1/s1. The maximum Gasteiger partial charge on any atom is 0.270 e. The summed E-state index contributed by atoms with van der Waals surface area (Å²) in [6, 6.07) is 10.0. The van der Waals surface area contributed by atoms with Gasteiger partial charge in [0.2, 0.25) is 0 Å². The van der Waals surface area contributed by atoms with Gasteiger partial charge in [-0.15, -0.1) is 0 Å². The topological polar surface area (TPSA) is 74.2 Å². The van der Waals surface area contributed by atoms with Gasteiger partial charge in [-0.25, -0.2) is 0 Å². The molecule has 2 aromatic heterocycles. The number of hydrogen-bond donors (Lipinski definition) is 2. The van der Waals surface area contributed by atoms with Gasteiger partial charge in [0.25, 0.3) is 5.91 Å². The number of amides is 1. The number of carbonyl (C=O) groups excluding carboxylic acids is 1. The van der Waals surface area contributed by atoms with Crippen molar-refractivity contribution in [2.24, 2.45) is 13.0 Å². The Balaban J connectivity index is 1.56. The van der Waals surface area contributed by atoms with Crippen LogP contribution in [0.5, 0.6) is 0 Å². The van der Waals surface area contributed by atoms with Crippen molar-refractivity contribution in [3.8, 4) is 0 Å². The number of H-pyrrole nitrogens is 1. The second kappa shape index (κ2) is 6.29. The number of aryl methyl sites for hydroxylation is 3. The average molecular weight is 352 g/mol. The Morgan fingerprint density at radius 1 is 1.31 bits per heavy atom. The number of likely N-dealkylation sites (tertiary alicyclic amines) is 1. The molecule has 4 rings (SSSR count). The van der Waals surface area contributed by atoms with Gasteiger partial charge in [0.1, 0.15) is 5.69 Å². The van der Waals surface area contributed by atoms with Crippen molar-refractivity contribution in [1.82, 2.24) is 19.7 Å². The molecule has 1 saturated heterocycles. The van der Waals surface area contributed by atoms with Crippen LogP contribution in [0.3, 0.4) is 0 Å². The number of aliphatic hydroxyl groups is 1. The van der Waals surface area contributed by atoms with Gasteiger partial charge in [-0.05, 0) is 38.0 Å². The molecule has 0 saturated carbocycles. The van der Waals surface area contributed by atoms with Crippen molar-refractivity contribution in [3.63, 3.8) is 0 Å². The highest BCUT2D eigenvalue weighted by atomic mass is 16.3. The summed E-state index contributed by atoms with van der Waals surface area (Å²) >= 11 is 0. The third-order valence-corrected chi connectivity index (χ3v) is 5.40. The normalized spacial score (nSPS) is 20.2. The molecule has 2 atom stereocenters. The van der Waals surface area contributed by atoms with Gasteiger partial charge in [-0.1, -0.05) is 18.2 Å². The fourth-order valence-electron chi connectivity index (χ4n) is 4.06. The molecule has 1 aromatic carbocycles. The van der Waals surface area contributed by atoms with E-state index in [0.717, 1.165) is 27.9 Å². The summed E-state index contributed by atoms with van der Waals surface area (Å²) in [4.78, 5) is 14.8. The Morgan fingerprint density at radius 2 is 2.12 bits per heavy atom. The molecule has 0 radical (unpaired) electrons. The van der Waals surface area contributed by atoms with Gasteiger partial charge in [0, 0.05) is 37.1 Å². The fourth-order valence-corrected chi connectivity index (χ4v) is 4.06. The van der Waals surface area contributed by atoms with E-state index in [0.29, 0.717) is 25.2 Å². The van der Waals surface area contributed by atoms with Gasteiger partial charge >= 0.3 is 0 Å². The Bertz CT molecular complexity index is 972. The van der Waals surface area contributed by atoms with Crippen LogP contribution >= 0.6 is 0 Å². The number of aliphatic hydroxyl groups excluding tert-OH is 1. The molecular weight excluding hydrogens is 328 g/mol. The number of carbonyl (C=O) groups is 1. The zero-order valence-electron chi connectivity index (χ0n) is 15.4. The molecule has 1 amide bonds. The largest absolute Gasteiger partial charge is 0.391 e. The van der Waals surface area contributed by atoms with Crippen molar-refractivity contribution in [3.05, 3.63) is 53.0 Å². The number of aromatic amines is 1. The summed E-state index contributed by atoms with van der Waals surface area (Å²) in [6.07, 6.45) is 0.149. The first-order valence-electron chi connectivity index (χ1n) is 8.97. The molecule has 1 fully saturated rings. The molecule has 6 nitrogen and oxygen atoms in total. The smallest absolute Gasteiger partial charge is 0.270 e. The second-order valence-electron chi connectivity index (χ2n) is 7.39. The minimum Gasteiger partial charge on any atom is -0.391 e. The van der Waals surface area contributed by atoms with Gasteiger partial charge < -0.3 is 14.6 Å². The SMILES string of the molecule is Cc1cc(C[C@@H]2CN(C(=O)c3cc4cccc(C)c4n3C)C[C@H]2O)n[nH]1. The van der Waals surface area contributed by atoms with E-state index < -0.39 is 6.10 Å². The molecule has 0 aliphatic carbocycles. The van der Waals surface area contributed by atoms with E-state index in [1.165, 1.54) is 0 Å². The molecular formula is C20H24N4O2. The highest BCUT2D eigenvalue weighted by Crippen LogP contribution is 2.26. The van der Waals surface area contributed by atoms with Crippen molar-refractivity contribution in [2.75, 3.05) is 13.1 Å². The molecule has 136 valence electrons. The van der Waals surface area contributed by atoms with E-state index in [1.807, 2.05) is 42.8 Å². The lowest BCUT2D eigenvalue weighted by atomic mass is 10.0. The molecule has 1 aliphatic rings. The van der Waals surface area contributed by atoms with Crippen molar-refractivity contribution in [1.29, 1.82) is 0 Å². The van der Waals surface area contributed by atoms with Crippen LogP contribution in [0.4, 0.5) is 0 Å². The lowest BCUT2D eigenvalue weighted by molar-refractivity contribution is 0.0756. The van der Waals surface area contributed by atoms with Crippen LogP contribution in [0.1, 0.15) is 27.4 Å². The highest BCUT2D eigenvalue weighted by molar-refractivity contribution is 5.99. The van der Waals surface area contributed by atoms with Crippen LogP contribution in [0.25, 0.3) is 10.9 Å². The van der Waals surface area contributed by atoms with Crippen molar-refractivity contribution >= 4 is 16.8 Å². The number of fused-ring (bicyclic) bond motifs is 1. The number of rotatable bonds is 3. The number of nitrogens with one attached hydrogen (secondary N) is 1. The minimum absolute atomic E-state index is 0.0121. The van der Waals surface area contributed by atoms with E-state index in [4.69, 9.17) is 0 Å².